The first-order valence-corrected chi connectivity index (χ1v) is 18.2. The highest BCUT2D eigenvalue weighted by atomic mass is 14.4. The highest BCUT2D eigenvalue weighted by Crippen LogP contribution is 2.47. The number of benzene rings is 1. The van der Waals surface area contributed by atoms with Crippen LogP contribution in [0.1, 0.15) is 177 Å². The second-order valence-corrected chi connectivity index (χ2v) is 18.9. The monoisotopic (exact) mass is 603 g/mol. The van der Waals surface area contributed by atoms with Gasteiger partial charge in [0.1, 0.15) is 0 Å². The molecule has 0 nitrogen and oxygen atoms in total. The molecular formula is C44H74. The molecule has 1 aliphatic carbocycles. The third-order valence-corrected chi connectivity index (χ3v) is 11.2. The van der Waals surface area contributed by atoms with Gasteiger partial charge in [-0.1, -0.05) is 164 Å². The summed E-state index contributed by atoms with van der Waals surface area (Å²) < 4.78 is 0. The maximum Gasteiger partial charge on any atom is -0.0116 e. The number of hydrogen-bond acceptors (Lipinski definition) is 0. The van der Waals surface area contributed by atoms with E-state index in [1.807, 2.05) is 0 Å². The summed E-state index contributed by atoms with van der Waals surface area (Å²) in [5.41, 5.74) is 11.9. The Morgan fingerprint density at radius 1 is 0.727 bits per heavy atom. The first-order valence-electron chi connectivity index (χ1n) is 18.2. The highest BCUT2D eigenvalue weighted by molar-refractivity contribution is 5.45. The van der Waals surface area contributed by atoms with E-state index in [1.165, 1.54) is 66.4 Å². The molecule has 1 aliphatic rings. The predicted octanol–water partition coefficient (Wildman–Crippen LogP) is 14.0. The first-order chi connectivity index (χ1) is 19.9. The van der Waals surface area contributed by atoms with Crippen LogP contribution in [-0.2, 0) is 17.3 Å². The molecule has 0 aliphatic heterocycles. The van der Waals surface area contributed by atoms with Gasteiger partial charge in [0.25, 0.3) is 0 Å². The summed E-state index contributed by atoms with van der Waals surface area (Å²) in [4.78, 5) is 0. The van der Waals surface area contributed by atoms with E-state index in [0.717, 1.165) is 19.3 Å². The van der Waals surface area contributed by atoms with Gasteiger partial charge in [0.05, 0.1) is 0 Å². The van der Waals surface area contributed by atoms with Gasteiger partial charge in [0.15, 0.2) is 0 Å². The van der Waals surface area contributed by atoms with Crippen LogP contribution in [0.4, 0.5) is 0 Å². The van der Waals surface area contributed by atoms with Gasteiger partial charge in [-0.3, -0.25) is 0 Å². The summed E-state index contributed by atoms with van der Waals surface area (Å²) in [5, 5.41) is 0. The van der Waals surface area contributed by atoms with Crippen molar-refractivity contribution in [2.24, 2.45) is 28.1 Å². The molecule has 0 heterocycles. The molecule has 0 spiro atoms. The average molecular weight is 603 g/mol. The summed E-state index contributed by atoms with van der Waals surface area (Å²) in [6.07, 6.45) is 16.2. The third kappa shape index (κ3) is 10.2. The Bertz CT molecular complexity index is 1130. The van der Waals surface area contributed by atoms with Gasteiger partial charge >= 0.3 is 0 Å². The van der Waals surface area contributed by atoms with Crippen molar-refractivity contribution in [3.63, 3.8) is 0 Å². The van der Waals surface area contributed by atoms with Gasteiger partial charge in [0, 0.05) is 0 Å². The summed E-state index contributed by atoms with van der Waals surface area (Å²) >= 11 is 0. The Balaban J connectivity index is 2.09. The Hall–Kier alpha value is -1.56. The smallest absolute Gasteiger partial charge is 0.0116 e. The van der Waals surface area contributed by atoms with Crippen LogP contribution < -0.4 is 0 Å². The lowest BCUT2D eigenvalue weighted by molar-refractivity contribution is 0.209. The van der Waals surface area contributed by atoms with Gasteiger partial charge in [0.2, 0.25) is 0 Å². The molecule has 2 rings (SSSR count). The van der Waals surface area contributed by atoms with Crippen molar-refractivity contribution in [3.8, 4) is 0 Å². The van der Waals surface area contributed by atoms with Crippen LogP contribution in [0.2, 0.25) is 0 Å². The van der Waals surface area contributed by atoms with Crippen LogP contribution in [0.15, 0.2) is 47.6 Å². The number of allylic oxidation sites excluding steroid dienone is 5. The van der Waals surface area contributed by atoms with Crippen LogP contribution >= 0.6 is 0 Å². The van der Waals surface area contributed by atoms with Crippen LogP contribution in [0, 0.1) is 35.0 Å². The Labute approximate surface area is 276 Å². The van der Waals surface area contributed by atoms with Crippen molar-refractivity contribution in [2.45, 2.75) is 179 Å². The quantitative estimate of drug-likeness (QED) is 0.209. The summed E-state index contributed by atoms with van der Waals surface area (Å²) in [6.45, 7) is 42.8. The third-order valence-electron chi connectivity index (χ3n) is 11.2. The molecule has 0 fully saturated rings. The standard InChI is InChI=1S/C44H74/c1-18-44(19-2,25-20-21-34-27-36(40(6,7)8)32(4)37(28-34)41(9,10)11)26-24-31(3)22-23-35-29-38(42(12,13)14)33(5)39(30-35)43(15,16)17/h27-30,32,36H,3,18-26H2,1-2,4-17H3. The van der Waals surface area contributed by atoms with Gasteiger partial charge in [-0.2, -0.15) is 0 Å². The second-order valence-electron chi connectivity index (χ2n) is 18.9. The molecule has 1 aromatic carbocycles. The van der Waals surface area contributed by atoms with E-state index in [2.05, 4.69) is 142 Å². The normalized spacial score (nSPS) is 18.7. The van der Waals surface area contributed by atoms with Crippen LogP contribution in [0.3, 0.4) is 0 Å². The van der Waals surface area contributed by atoms with Gasteiger partial charge in [-0.15, -0.1) is 0 Å². The second kappa shape index (κ2) is 14.5. The van der Waals surface area contributed by atoms with Crippen molar-refractivity contribution >= 4 is 0 Å². The minimum Gasteiger partial charge on any atom is -0.0998 e. The predicted molar refractivity (Wildman–Crippen MR) is 200 cm³/mol. The lowest BCUT2D eigenvalue weighted by Crippen LogP contribution is -2.32. The molecule has 0 aromatic heterocycles. The summed E-state index contributed by atoms with van der Waals surface area (Å²) in [6, 6.07) is 4.98. The molecule has 0 N–H and O–H groups in total. The average Bonchev–Trinajstić information content (AvgIpc) is 2.88. The molecule has 2 unspecified atom stereocenters. The molecule has 2 atom stereocenters. The lowest BCUT2D eigenvalue weighted by atomic mass is 9.63. The van der Waals surface area contributed by atoms with Crippen molar-refractivity contribution in [1.82, 2.24) is 0 Å². The van der Waals surface area contributed by atoms with Crippen molar-refractivity contribution in [3.05, 3.63) is 69.8 Å². The molecule has 44 heavy (non-hydrogen) atoms. The molecule has 0 saturated heterocycles. The fourth-order valence-corrected chi connectivity index (χ4v) is 8.12. The molecule has 0 bridgehead atoms. The molecule has 250 valence electrons. The van der Waals surface area contributed by atoms with E-state index >= 15 is 0 Å². The fraction of sp³-hybridized carbons (Fsp3) is 0.727. The maximum absolute atomic E-state index is 4.61. The molecule has 0 heteroatoms. The number of aryl methyl sites for hydroxylation is 1. The Kier molecular flexibility index (Phi) is 12.7. The molecule has 1 aromatic rings. The van der Waals surface area contributed by atoms with Crippen LogP contribution in [-0.4, -0.2) is 0 Å². The molecule has 0 saturated carbocycles. The minimum absolute atomic E-state index is 0.155. The zero-order valence-electron chi connectivity index (χ0n) is 32.5. The van der Waals surface area contributed by atoms with Crippen LogP contribution in [0.25, 0.3) is 0 Å². The van der Waals surface area contributed by atoms with E-state index in [0.29, 0.717) is 17.3 Å². The van der Waals surface area contributed by atoms with Crippen LogP contribution in [0.5, 0.6) is 0 Å². The maximum atomic E-state index is 4.61. The summed E-state index contributed by atoms with van der Waals surface area (Å²) in [7, 11) is 0. The first kappa shape index (κ1) is 38.6. The Morgan fingerprint density at radius 2 is 1.25 bits per heavy atom. The lowest BCUT2D eigenvalue weighted by Gasteiger charge is -2.42. The largest absolute Gasteiger partial charge is 0.0998 e. The highest BCUT2D eigenvalue weighted by Gasteiger charge is 2.36. The van der Waals surface area contributed by atoms with E-state index in [1.54, 1.807) is 11.1 Å². The molecule has 0 amide bonds. The minimum atomic E-state index is 0.155. The SMILES string of the molecule is C=C(CCc1cc(C(C)(C)C)c(C)c(C(C)(C)C)c1)CCC(CC)(CC)CCCC1=CC(C(C)(C)C)C(C)C(C(C)(C)C)=C1. The number of rotatable bonds is 12. The Morgan fingerprint density at radius 3 is 1.68 bits per heavy atom. The van der Waals surface area contributed by atoms with E-state index in [9.17, 15) is 0 Å². The zero-order valence-corrected chi connectivity index (χ0v) is 32.5. The fourth-order valence-electron chi connectivity index (χ4n) is 8.12. The van der Waals surface area contributed by atoms with Gasteiger partial charge in [-0.05, 0) is 113 Å². The van der Waals surface area contributed by atoms with Crippen molar-refractivity contribution < 1.29 is 0 Å². The molecular weight excluding hydrogens is 528 g/mol. The topological polar surface area (TPSA) is 0 Å². The number of hydrogen-bond donors (Lipinski definition) is 0. The van der Waals surface area contributed by atoms with Crippen molar-refractivity contribution in [2.75, 3.05) is 0 Å². The summed E-state index contributed by atoms with van der Waals surface area (Å²) in [5.74, 6) is 1.21. The van der Waals surface area contributed by atoms with E-state index in [4.69, 9.17) is 0 Å². The van der Waals surface area contributed by atoms with Gasteiger partial charge < -0.3 is 0 Å². The van der Waals surface area contributed by atoms with Gasteiger partial charge in [-0.25, -0.2) is 0 Å². The van der Waals surface area contributed by atoms with Crippen molar-refractivity contribution in [1.29, 1.82) is 0 Å². The van der Waals surface area contributed by atoms with E-state index < -0.39 is 0 Å². The zero-order chi connectivity index (χ0) is 33.9. The molecule has 0 radical (unpaired) electrons. The van der Waals surface area contributed by atoms with E-state index in [-0.39, 0.29) is 21.7 Å².